The van der Waals surface area contributed by atoms with Gasteiger partial charge in [-0.1, -0.05) is 12.1 Å². The molecular formula is C12H14N4O3S. The lowest BCUT2D eigenvalue weighted by Crippen LogP contribution is -2.24. The molecular weight excluding hydrogens is 280 g/mol. The van der Waals surface area contributed by atoms with Crippen molar-refractivity contribution in [2.75, 3.05) is 0 Å². The van der Waals surface area contributed by atoms with E-state index in [2.05, 4.69) is 15.3 Å². The molecule has 0 unspecified atom stereocenters. The van der Waals surface area contributed by atoms with Gasteiger partial charge in [0.05, 0.1) is 11.2 Å². The molecule has 0 saturated heterocycles. The number of aromatic amines is 1. The van der Waals surface area contributed by atoms with Gasteiger partial charge in [-0.3, -0.25) is 4.79 Å². The lowest BCUT2D eigenvalue weighted by Gasteiger charge is -2.05. The van der Waals surface area contributed by atoms with E-state index in [0.29, 0.717) is 11.4 Å². The summed E-state index contributed by atoms with van der Waals surface area (Å²) < 4.78 is 22.2. The Hall–Kier alpha value is -2.19. The topological polar surface area (TPSA) is 118 Å². The van der Waals surface area contributed by atoms with Crippen LogP contribution in [0.5, 0.6) is 0 Å². The van der Waals surface area contributed by atoms with Gasteiger partial charge >= 0.3 is 0 Å². The fourth-order valence-corrected chi connectivity index (χ4v) is 2.17. The molecule has 0 aliphatic heterocycles. The minimum atomic E-state index is -3.69. The van der Waals surface area contributed by atoms with Gasteiger partial charge in [0.15, 0.2) is 0 Å². The molecule has 2 aromatic rings. The number of amides is 1. The standard InChI is InChI=1S/C12H14N4O3S/c1-8-11(16-7-15-8)12(17)14-6-9-2-4-10(5-3-9)20(13,18)19/h2-5,7H,6H2,1H3,(H,14,17)(H,15,16)(H2,13,18,19). The summed E-state index contributed by atoms with van der Waals surface area (Å²) in [6, 6.07) is 5.99. The number of aromatic nitrogens is 2. The molecule has 1 amide bonds. The molecule has 7 nitrogen and oxygen atoms in total. The fraction of sp³-hybridized carbons (Fsp3) is 0.167. The van der Waals surface area contributed by atoms with Crippen LogP contribution >= 0.6 is 0 Å². The van der Waals surface area contributed by atoms with Crippen LogP contribution in [-0.4, -0.2) is 24.3 Å². The van der Waals surface area contributed by atoms with Crippen molar-refractivity contribution in [3.05, 3.63) is 47.5 Å². The summed E-state index contributed by atoms with van der Waals surface area (Å²) in [6.45, 7) is 2.03. The summed E-state index contributed by atoms with van der Waals surface area (Å²) in [4.78, 5) is 18.6. The van der Waals surface area contributed by atoms with E-state index in [0.717, 1.165) is 5.56 Å². The maximum absolute atomic E-state index is 11.8. The first-order chi connectivity index (χ1) is 9.38. The summed E-state index contributed by atoms with van der Waals surface area (Å²) in [6.07, 6.45) is 1.45. The third-order valence-electron chi connectivity index (χ3n) is 2.75. The van der Waals surface area contributed by atoms with Crippen LogP contribution in [0.4, 0.5) is 0 Å². The average molecular weight is 294 g/mol. The SMILES string of the molecule is Cc1[nH]cnc1C(=O)NCc1ccc(S(N)(=O)=O)cc1. The molecule has 0 aliphatic rings. The third kappa shape index (κ3) is 3.22. The monoisotopic (exact) mass is 294 g/mol. The van der Waals surface area contributed by atoms with Gasteiger partial charge in [-0.25, -0.2) is 18.5 Å². The Kier molecular flexibility index (Phi) is 3.86. The number of imidazole rings is 1. The Labute approximate surface area is 116 Å². The number of nitrogens with two attached hydrogens (primary N) is 1. The molecule has 0 saturated carbocycles. The number of rotatable bonds is 4. The highest BCUT2D eigenvalue weighted by atomic mass is 32.2. The van der Waals surface area contributed by atoms with Crippen molar-refractivity contribution in [1.29, 1.82) is 0 Å². The summed E-state index contributed by atoms with van der Waals surface area (Å²) in [5, 5.41) is 7.70. The van der Waals surface area contributed by atoms with E-state index >= 15 is 0 Å². The summed E-state index contributed by atoms with van der Waals surface area (Å²) >= 11 is 0. The number of hydrogen-bond acceptors (Lipinski definition) is 4. The molecule has 4 N–H and O–H groups in total. The molecule has 1 heterocycles. The van der Waals surface area contributed by atoms with E-state index in [4.69, 9.17) is 5.14 Å². The number of nitrogens with one attached hydrogen (secondary N) is 2. The highest BCUT2D eigenvalue weighted by Gasteiger charge is 2.11. The first kappa shape index (κ1) is 14.2. The van der Waals surface area contributed by atoms with Gasteiger partial charge in [-0.2, -0.15) is 0 Å². The van der Waals surface area contributed by atoms with Crippen LogP contribution in [0.25, 0.3) is 0 Å². The predicted molar refractivity (Wildman–Crippen MR) is 72.3 cm³/mol. The van der Waals surface area contributed by atoms with Crippen LogP contribution in [0.15, 0.2) is 35.5 Å². The molecule has 106 valence electrons. The maximum Gasteiger partial charge on any atom is 0.272 e. The number of aryl methyl sites for hydroxylation is 1. The van der Waals surface area contributed by atoms with E-state index in [1.165, 1.54) is 18.5 Å². The fourth-order valence-electron chi connectivity index (χ4n) is 1.65. The molecule has 2 rings (SSSR count). The molecule has 0 radical (unpaired) electrons. The third-order valence-corrected chi connectivity index (χ3v) is 3.68. The molecule has 0 aliphatic carbocycles. The number of primary sulfonamides is 1. The number of sulfonamides is 1. The minimum Gasteiger partial charge on any atom is -0.348 e. The van der Waals surface area contributed by atoms with Gasteiger partial charge in [0.1, 0.15) is 5.69 Å². The molecule has 0 spiro atoms. The number of H-pyrrole nitrogens is 1. The van der Waals surface area contributed by atoms with Crippen molar-refractivity contribution >= 4 is 15.9 Å². The number of carbonyl (C=O) groups is 1. The van der Waals surface area contributed by atoms with Gasteiger partial charge in [0, 0.05) is 12.2 Å². The van der Waals surface area contributed by atoms with E-state index in [1.54, 1.807) is 19.1 Å². The van der Waals surface area contributed by atoms with E-state index < -0.39 is 10.0 Å². The van der Waals surface area contributed by atoms with Gasteiger partial charge in [0.2, 0.25) is 10.0 Å². The summed E-state index contributed by atoms with van der Waals surface area (Å²) in [5.41, 5.74) is 1.79. The highest BCUT2D eigenvalue weighted by Crippen LogP contribution is 2.09. The molecule has 0 bridgehead atoms. The van der Waals surface area contributed by atoms with Crippen LogP contribution in [-0.2, 0) is 16.6 Å². The van der Waals surface area contributed by atoms with Crippen LogP contribution in [0.2, 0.25) is 0 Å². The van der Waals surface area contributed by atoms with Crippen LogP contribution < -0.4 is 10.5 Å². The minimum absolute atomic E-state index is 0.0377. The second-order valence-corrected chi connectivity index (χ2v) is 5.81. The zero-order chi connectivity index (χ0) is 14.8. The number of nitrogens with zero attached hydrogens (tertiary/aromatic N) is 1. The molecule has 0 atom stereocenters. The number of benzene rings is 1. The molecule has 20 heavy (non-hydrogen) atoms. The Bertz CT molecular complexity index is 719. The molecule has 1 aromatic heterocycles. The maximum atomic E-state index is 11.8. The van der Waals surface area contributed by atoms with Crippen molar-refractivity contribution in [1.82, 2.24) is 15.3 Å². The number of hydrogen-bond donors (Lipinski definition) is 3. The van der Waals surface area contributed by atoms with Crippen molar-refractivity contribution < 1.29 is 13.2 Å². The van der Waals surface area contributed by atoms with Crippen molar-refractivity contribution in [2.24, 2.45) is 5.14 Å². The smallest absolute Gasteiger partial charge is 0.272 e. The molecule has 8 heteroatoms. The second-order valence-electron chi connectivity index (χ2n) is 4.25. The predicted octanol–water partition coefficient (Wildman–Crippen LogP) is 0.296. The van der Waals surface area contributed by atoms with E-state index in [1.807, 2.05) is 0 Å². The van der Waals surface area contributed by atoms with Gasteiger partial charge in [0.25, 0.3) is 5.91 Å². The van der Waals surface area contributed by atoms with Gasteiger partial charge in [-0.05, 0) is 24.6 Å². The van der Waals surface area contributed by atoms with E-state index in [9.17, 15) is 13.2 Å². The van der Waals surface area contributed by atoms with Crippen LogP contribution in [0, 0.1) is 6.92 Å². The van der Waals surface area contributed by atoms with Crippen molar-refractivity contribution in [3.8, 4) is 0 Å². The molecule has 1 aromatic carbocycles. The van der Waals surface area contributed by atoms with Crippen molar-refractivity contribution in [2.45, 2.75) is 18.4 Å². The Morgan fingerprint density at radius 3 is 2.50 bits per heavy atom. The first-order valence-corrected chi connectivity index (χ1v) is 7.32. The lowest BCUT2D eigenvalue weighted by atomic mass is 10.2. The van der Waals surface area contributed by atoms with E-state index in [-0.39, 0.29) is 17.3 Å². The summed E-state index contributed by atoms with van der Waals surface area (Å²) in [7, 11) is -3.69. The number of carbonyl (C=O) groups excluding carboxylic acids is 1. The van der Waals surface area contributed by atoms with Crippen molar-refractivity contribution in [3.63, 3.8) is 0 Å². The Morgan fingerprint density at radius 2 is 2.00 bits per heavy atom. The zero-order valence-corrected chi connectivity index (χ0v) is 11.6. The first-order valence-electron chi connectivity index (χ1n) is 5.78. The normalized spacial score (nSPS) is 11.3. The Balaban J connectivity index is 2.02. The van der Waals surface area contributed by atoms with Gasteiger partial charge < -0.3 is 10.3 Å². The quantitative estimate of drug-likeness (QED) is 0.751. The zero-order valence-electron chi connectivity index (χ0n) is 10.8. The molecule has 0 fully saturated rings. The second kappa shape index (κ2) is 5.43. The van der Waals surface area contributed by atoms with Crippen LogP contribution in [0.3, 0.4) is 0 Å². The highest BCUT2D eigenvalue weighted by molar-refractivity contribution is 7.89. The van der Waals surface area contributed by atoms with Gasteiger partial charge in [-0.15, -0.1) is 0 Å². The Morgan fingerprint density at radius 1 is 1.35 bits per heavy atom. The summed E-state index contributed by atoms with van der Waals surface area (Å²) in [5.74, 6) is -0.292. The van der Waals surface area contributed by atoms with Crippen LogP contribution in [0.1, 0.15) is 21.7 Å². The average Bonchev–Trinajstić information content (AvgIpc) is 2.82. The lowest BCUT2D eigenvalue weighted by molar-refractivity contribution is 0.0945. The largest absolute Gasteiger partial charge is 0.348 e.